The zero-order chi connectivity index (χ0) is 13.1. The molecule has 2 N–H and O–H groups in total. The van der Waals surface area contributed by atoms with E-state index in [0.717, 1.165) is 6.07 Å². The highest BCUT2D eigenvalue weighted by molar-refractivity contribution is 5.89. The van der Waals surface area contributed by atoms with Crippen LogP contribution in [-0.2, 0) is 0 Å². The molecule has 0 bridgehead atoms. The summed E-state index contributed by atoms with van der Waals surface area (Å²) >= 11 is 0. The molecule has 0 saturated heterocycles. The standard InChI is InChI=1S/C8H7FO2.C2H7N.C2H6/c1-5-2-3-6(9)4-7(5)8(10)11;1-3-2;1-2/h2-4H,1H3,(H,10,11);3H,1-2H3;1-2H3. The van der Waals surface area contributed by atoms with Gasteiger partial charge in [0.05, 0.1) is 5.56 Å². The van der Waals surface area contributed by atoms with Crippen LogP contribution in [0.15, 0.2) is 18.2 Å². The van der Waals surface area contributed by atoms with Crippen molar-refractivity contribution in [1.29, 1.82) is 0 Å². The third-order valence-corrected chi connectivity index (χ3v) is 1.43. The maximum atomic E-state index is 12.4. The highest BCUT2D eigenvalue weighted by Gasteiger charge is 2.06. The molecule has 0 aliphatic rings. The summed E-state index contributed by atoms with van der Waals surface area (Å²) in [5.41, 5.74) is 0.587. The second kappa shape index (κ2) is 10.1. The number of aryl methyl sites for hydroxylation is 1. The number of rotatable bonds is 1. The van der Waals surface area contributed by atoms with Gasteiger partial charge in [-0.3, -0.25) is 0 Å². The van der Waals surface area contributed by atoms with Crippen molar-refractivity contribution in [3.8, 4) is 0 Å². The lowest BCUT2D eigenvalue weighted by molar-refractivity contribution is 0.0695. The van der Waals surface area contributed by atoms with Gasteiger partial charge in [-0.2, -0.15) is 0 Å². The minimum atomic E-state index is -1.10. The molecule has 1 aromatic rings. The summed E-state index contributed by atoms with van der Waals surface area (Å²) in [5, 5.41) is 11.3. The Morgan fingerprint density at radius 2 is 1.75 bits per heavy atom. The van der Waals surface area contributed by atoms with Gasteiger partial charge >= 0.3 is 5.97 Å². The van der Waals surface area contributed by atoms with Gasteiger partial charge < -0.3 is 10.4 Å². The van der Waals surface area contributed by atoms with Crippen LogP contribution in [0.3, 0.4) is 0 Å². The number of hydrogen-bond donors (Lipinski definition) is 2. The van der Waals surface area contributed by atoms with E-state index in [9.17, 15) is 9.18 Å². The van der Waals surface area contributed by atoms with Crippen LogP contribution in [0, 0.1) is 12.7 Å². The van der Waals surface area contributed by atoms with E-state index in [4.69, 9.17) is 5.11 Å². The number of hydrogen-bond acceptors (Lipinski definition) is 2. The summed E-state index contributed by atoms with van der Waals surface area (Å²) in [5.74, 6) is -1.62. The van der Waals surface area contributed by atoms with Crippen molar-refractivity contribution >= 4 is 5.97 Å². The molecule has 0 aromatic heterocycles. The fourth-order valence-corrected chi connectivity index (χ4v) is 0.825. The summed E-state index contributed by atoms with van der Waals surface area (Å²) in [7, 11) is 3.75. The van der Waals surface area contributed by atoms with Crippen molar-refractivity contribution in [1.82, 2.24) is 5.32 Å². The average molecular weight is 229 g/mol. The quantitative estimate of drug-likeness (QED) is 0.778. The van der Waals surface area contributed by atoms with Gasteiger partial charge in [-0.25, -0.2) is 9.18 Å². The normalized spacial score (nSPS) is 8.12. The Labute approximate surface area is 96.3 Å². The average Bonchev–Trinajstić information content (AvgIpc) is 2.25. The Balaban J connectivity index is 0. The maximum Gasteiger partial charge on any atom is 0.336 e. The second-order valence-corrected chi connectivity index (χ2v) is 2.76. The van der Waals surface area contributed by atoms with Crippen molar-refractivity contribution in [2.45, 2.75) is 20.8 Å². The smallest absolute Gasteiger partial charge is 0.336 e. The monoisotopic (exact) mass is 229 g/mol. The molecule has 0 heterocycles. The molecule has 0 aliphatic carbocycles. The molecule has 4 heteroatoms. The van der Waals surface area contributed by atoms with E-state index in [0.29, 0.717) is 5.56 Å². The molecule has 3 nitrogen and oxygen atoms in total. The Kier molecular flexibility index (Phi) is 10.7. The number of carboxylic acid groups (broad SMARTS) is 1. The number of halogens is 1. The third kappa shape index (κ3) is 6.95. The van der Waals surface area contributed by atoms with E-state index in [2.05, 4.69) is 5.32 Å². The Hall–Kier alpha value is -1.42. The first-order chi connectivity index (χ1) is 7.52. The molecule has 1 rings (SSSR count). The molecular formula is C12H20FNO2. The first kappa shape index (κ1) is 17.0. The fourth-order valence-electron chi connectivity index (χ4n) is 0.825. The molecule has 0 saturated carbocycles. The highest BCUT2D eigenvalue weighted by atomic mass is 19.1. The van der Waals surface area contributed by atoms with Gasteiger partial charge in [0.15, 0.2) is 0 Å². The topological polar surface area (TPSA) is 49.3 Å². The number of nitrogens with one attached hydrogen (secondary N) is 1. The van der Waals surface area contributed by atoms with E-state index in [-0.39, 0.29) is 5.56 Å². The molecule has 0 radical (unpaired) electrons. The minimum absolute atomic E-state index is 0.0185. The van der Waals surface area contributed by atoms with Crippen LogP contribution in [0.25, 0.3) is 0 Å². The summed E-state index contributed by atoms with van der Waals surface area (Å²) < 4.78 is 12.4. The summed E-state index contributed by atoms with van der Waals surface area (Å²) in [4.78, 5) is 10.4. The fraction of sp³-hybridized carbons (Fsp3) is 0.417. The molecule has 0 aliphatic heterocycles. The number of benzene rings is 1. The number of aromatic carboxylic acids is 1. The summed E-state index contributed by atoms with van der Waals surface area (Å²) in [6.45, 7) is 5.63. The predicted octanol–water partition coefficient (Wildman–Crippen LogP) is 2.69. The molecule has 0 spiro atoms. The van der Waals surface area contributed by atoms with Gasteiger partial charge in [-0.05, 0) is 38.7 Å². The zero-order valence-corrected chi connectivity index (χ0v) is 10.5. The Morgan fingerprint density at radius 1 is 1.31 bits per heavy atom. The zero-order valence-electron chi connectivity index (χ0n) is 10.5. The Bertz CT molecular complexity index is 314. The van der Waals surface area contributed by atoms with Crippen LogP contribution in [0.2, 0.25) is 0 Å². The SMILES string of the molecule is CC.CNC.Cc1ccc(F)cc1C(=O)O. The van der Waals surface area contributed by atoms with Crippen LogP contribution in [0.5, 0.6) is 0 Å². The molecular weight excluding hydrogens is 209 g/mol. The van der Waals surface area contributed by atoms with Crippen molar-refractivity contribution < 1.29 is 14.3 Å². The second-order valence-electron chi connectivity index (χ2n) is 2.76. The van der Waals surface area contributed by atoms with Crippen LogP contribution in [0.4, 0.5) is 4.39 Å². The lowest BCUT2D eigenvalue weighted by atomic mass is 10.1. The first-order valence-electron chi connectivity index (χ1n) is 5.10. The number of carboxylic acids is 1. The minimum Gasteiger partial charge on any atom is -0.478 e. The van der Waals surface area contributed by atoms with Gasteiger partial charge in [-0.15, -0.1) is 0 Å². The lowest BCUT2D eigenvalue weighted by Gasteiger charge is -1.98. The van der Waals surface area contributed by atoms with Gasteiger partial charge in [0.2, 0.25) is 0 Å². The molecule has 0 atom stereocenters. The van der Waals surface area contributed by atoms with Crippen LogP contribution >= 0.6 is 0 Å². The van der Waals surface area contributed by atoms with Crippen molar-refractivity contribution in [2.75, 3.05) is 14.1 Å². The summed E-state index contributed by atoms with van der Waals surface area (Å²) in [6.07, 6.45) is 0. The van der Waals surface area contributed by atoms with E-state index in [1.54, 1.807) is 6.92 Å². The van der Waals surface area contributed by atoms with E-state index in [1.165, 1.54) is 12.1 Å². The van der Waals surface area contributed by atoms with Crippen LogP contribution in [-0.4, -0.2) is 25.2 Å². The van der Waals surface area contributed by atoms with Gasteiger partial charge in [-0.1, -0.05) is 19.9 Å². The molecule has 16 heavy (non-hydrogen) atoms. The van der Waals surface area contributed by atoms with E-state index < -0.39 is 11.8 Å². The Morgan fingerprint density at radius 3 is 2.06 bits per heavy atom. The van der Waals surface area contributed by atoms with Gasteiger partial charge in [0, 0.05) is 0 Å². The third-order valence-electron chi connectivity index (χ3n) is 1.43. The number of carbonyl (C=O) groups is 1. The summed E-state index contributed by atoms with van der Waals surface area (Å²) in [6, 6.07) is 3.69. The van der Waals surface area contributed by atoms with E-state index in [1.807, 2.05) is 27.9 Å². The predicted molar refractivity (Wildman–Crippen MR) is 64.4 cm³/mol. The molecule has 1 aromatic carbocycles. The van der Waals surface area contributed by atoms with E-state index >= 15 is 0 Å². The van der Waals surface area contributed by atoms with Crippen molar-refractivity contribution in [3.05, 3.63) is 35.1 Å². The maximum absolute atomic E-state index is 12.4. The molecule has 0 unspecified atom stereocenters. The van der Waals surface area contributed by atoms with Crippen LogP contribution in [0.1, 0.15) is 29.8 Å². The molecule has 0 amide bonds. The molecule has 92 valence electrons. The highest BCUT2D eigenvalue weighted by Crippen LogP contribution is 2.09. The van der Waals surface area contributed by atoms with Gasteiger partial charge in [0.1, 0.15) is 5.82 Å². The van der Waals surface area contributed by atoms with Crippen molar-refractivity contribution in [2.24, 2.45) is 0 Å². The first-order valence-corrected chi connectivity index (χ1v) is 5.10. The largest absolute Gasteiger partial charge is 0.478 e. The molecule has 0 fully saturated rings. The van der Waals surface area contributed by atoms with Crippen molar-refractivity contribution in [3.63, 3.8) is 0 Å². The van der Waals surface area contributed by atoms with Gasteiger partial charge in [0.25, 0.3) is 0 Å². The van der Waals surface area contributed by atoms with Crippen LogP contribution < -0.4 is 5.32 Å². The lowest BCUT2D eigenvalue weighted by Crippen LogP contribution is -1.99.